The summed E-state index contributed by atoms with van der Waals surface area (Å²) in [6, 6.07) is 14.4. The molecule has 1 atom stereocenters. The zero-order chi connectivity index (χ0) is 17.9. The van der Waals surface area contributed by atoms with Crippen LogP contribution >= 0.6 is 15.9 Å². The van der Waals surface area contributed by atoms with E-state index in [0.717, 1.165) is 30.8 Å². The maximum Gasteiger partial charge on any atom is 0.169 e. The number of hydrogen-bond acceptors (Lipinski definition) is 3. The first-order valence-corrected chi connectivity index (χ1v) is 9.86. The zero-order valence-corrected chi connectivity index (χ0v) is 16.5. The summed E-state index contributed by atoms with van der Waals surface area (Å²) in [6.07, 6.45) is 10.7. The number of pyridine rings is 1. The molecule has 0 radical (unpaired) electrons. The minimum atomic E-state index is -0.0206. The molecule has 2 aromatic rings. The van der Waals surface area contributed by atoms with Gasteiger partial charge < -0.3 is 5.73 Å². The normalized spacial score (nSPS) is 12.4. The zero-order valence-electron chi connectivity index (χ0n) is 14.9. The lowest BCUT2D eigenvalue weighted by atomic mass is 10.2. The van der Waals surface area contributed by atoms with Crippen LogP contribution in [-0.4, -0.2) is 17.7 Å². The van der Waals surface area contributed by atoms with Crippen LogP contribution in [0, 0.1) is 0 Å². The van der Waals surface area contributed by atoms with Gasteiger partial charge >= 0.3 is 0 Å². The quantitative estimate of drug-likeness (QED) is 0.162. The Morgan fingerprint density at radius 1 is 1.16 bits per heavy atom. The molecule has 0 saturated carbocycles. The lowest BCUT2D eigenvalue weighted by molar-refractivity contribution is -0.697. The molecule has 2 N–H and O–H groups in total. The molecule has 2 rings (SSSR count). The summed E-state index contributed by atoms with van der Waals surface area (Å²) in [7, 11) is 0. The van der Waals surface area contributed by atoms with E-state index in [-0.39, 0.29) is 4.95 Å². The highest BCUT2D eigenvalue weighted by Crippen LogP contribution is 2.15. The Labute approximate surface area is 159 Å². The van der Waals surface area contributed by atoms with Gasteiger partial charge in [0, 0.05) is 30.7 Å². The molecule has 1 unspecified atom stereocenters. The van der Waals surface area contributed by atoms with Crippen molar-refractivity contribution >= 4 is 27.8 Å². The number of hydrogen-bond donors (Lipinski definition) is 1. The Morgan fingerprint density at radius 2 is 1.88 bits per heavy atom. The number of nitrogens with zero attached hydrogens (tertiary/aromatic N) is 3. The van der Waals surface area contributed by atoms with Gasteiger partial charge in [-0.15, -0.1) is 0 Å². The van der Waals surface area contributed by atoms with Gasteiger partial charge in [0.05, 0.1) is 16.9 Å². The SMILES string of the molecule is CCCCC[n+]1ccc(/C=N/N(CCC(N)Br)c2ccccc2)cc1. The van der Waals surface area contributed by atoms with Crippen LogP contribution in [-0.2, 0) is 6.54 Å². The fourth-order valence-corrected chi connectivity index (χ4v) is 2.69. The lowest BCUT2D eigenvalue weighted by Crippen LogP contribution is -2.32. The van der Waals surface area contributed by atoms with E-state index in [0.29, 0.717) is 0 Å². The predicted octanol–water partition coefficient (Wildman–Crippen LogP) is 4.07. The second kappa shape index (κ2) is 11.0. The molecule has 0 aliphatic rings. The average Bonchev–Trinajstić information content (AvgIpc) is 2.63. The van der Waals surface area contributed by atoms with E-state index in [1.54, 1.807) is 0 Å². The van der Waals surface area contributed by atoms with Crippen LogP contribution in [0.25, 0.3) is 0 Å². The molecule has 0 saturated heterocycles. The van der Waals surface area contributed by atoms with Gasteiger partial charge in [-0.05, 0) is 25.0 Å². The fourth-order valence-electron chi connectivity index (χ4n) is 2.48. The lowest BCUT2D eigenvalue weighted by Gasteiger charge is -2.19. The van der Waals surface area contributed by atoms with Crippen LogP contribution in [0.15, 0.2) is 60.0 Å². The molecule has 0 aliphatic carbocycles. The Bertz CT molecular complexity index is 626. The van der Waals surface area contributed by atoms with E-state index in [9.17, 15) is 0 Å². The van der Waals surface area contributed by atoms with Crippen molar-refractivity contribution < 1.29 is 4.57 Å². The summed E-state index contributed by atoms with van der Waals surface area (Å²) in [5, 5.41) is 6.65. The van der Waals surface area contributed by atoms with E-state index >= 15 is 0 Å². The number of halogens is 1. The third-order valence-electron chi connectivity index (χ3n) is 3.95. The number of unbranched alkanes of at least 4 members (excludes halogenated alkanes) is 2. The van der Waals surface area contributed by atoms with Crippen LogP contribution in [0.4, 0.5) is 5.69 Å². The Hall–Kier alpha value is -1.72. The molecule has 5 heteroatoms. The number of nitrogens with two attached hydrogens (primary N) is 1. The van der Waals surface area contributed by atoms with Gasteiger partial charge in [0.1, 0.15) is 6.54 Å². The first-order valence-electron chi connectivity index (χ1n) is 8.94. The van der Waals surface area contributed by atoms with Crippen LogP contribution in [0.3, 0.4) is 0 Å². The van der Waals surface area contributed by atoms with Crippen molar-refractivity contribution in [3.05, 3.63) is 60.4 Å². The van der Waals surface area contributed by atoms with Crippen molar-refractivity contribution in [1.29, 1.82) is 0 Å². The Morgan fingerprint density at radius 3 is 2.52 bits per heavy atom. The minimum Gasteiger partial charge on any atom is -0.319 e. The molecule has 25 heavy (non-hydrogen) atoms. The van der Waals surface area contributed by atoms with Crippen molar-refractivity contribution in [2.75, 3.05) is 11.6 Å². The molecular weight excluding hydrogens is 376 g/mol. The predicted molar refractivity (Wildman–Crippen MR) is 109 cm³/mol. The summed E-state index contributed by atoms with van der Waals surface area (Å²) in [6.45, 7) is 4.06. The molecule has 1 aromatic carbocycles. The first kappa shape index (κ1) is 19.6. The van der Waals surface area contributed by atoms with E-state index in [2.05, 4.69) is 69.2 Å². The standard InChI is InChI=1S/C20H28BrN4/c1-2-3-7-13-24-14-10-18(11-15-24)17-23-25(16-12-20(21)22)19-8-5-4-6-9-19/h4-6,8-11,14-15,17,20H,2-3,7,12-13,16,22H2,1H3/q+1. The van der Waals surface area contributed by atoms with Crippen LogP contribution < -0.4 is 15.3 Å². The third kappa shape index (κ3) is 7.36. The fraction of sp³-hybridized carbons (Fsp3) is 0.400. The molecular formula is C20H28BrN4+. The largest absolute Gasteiger partial charge is 0.319 e. The monoisotopic (exact) mass is 403 g/mol. The molecule has 0 bridgehead atoms. The molecule has 4 nitrogen and oxygen atoms in total. The Balaban J connectivity index is 2.01. The number of anilines is 1. The summed E-state index contributed by atoms with van der Waals surface area (Å²) in [4.78, 5) is -0.0206. The van der Waals surface area contributed by atoms with Gasteiger partial charge in [-0.1, -0.05) is 47.5 Å². The molecule has 1 heterocycles. The molecule has 0 amide bonds. The van der Waals surface area contributed by atoms with Gasteiger partial charge in [0.2, 0.25) is 0 Å². The number of benzene rings is 1. The van der Waals surface area contributed by atoms with Crippen molar-refractivity contribution in [1.82, 2.24) is 0 Å². The third-order valence-corrected chi connectivity index (χ3v) is 4.41. The second-order valence-electron chi connectivity index (χ2n) is 6.08. The number of hydrazone groups is 1. The van der Waals surface area contributed by atoms with Crippen LogP contribution in [0.1, 0.15) is 38.2 Å². The van der Waals surface area contributed by atoms with Crippen LogP contribution in [0.2, 0.25) is 0 Å². The molecule has 0 aliphatic heterocycles. The van der Waals surface area contributed by atoms with Gasteiger partial charge in [-0.25, -0.2) is 4.57 Å². The van der Waals surface area contributed by atoms with Crippen molar-refractivity contribution in [3.8, 4) is 0 Å². The van der Waals surface area contributed by atoms with Gasteiger partial charge in [-0.2, -0.15) is 5.10 Å². The summed E-state index contributed by atoms with van der Waals surface area (Å²) < 4.78 is 2.23. The highest BCUT2D eigenvalue weighted by molar-refractivity contribution is 9.09. The summed E-state index contributed by atoms with van der Waals surface area (Å²) >= 11 is 3.40. The van der Waals surface area contributed by atoms with E-state index < -0.39 is 0 Å². The second-order valence-corrected chi connectivity index (χ2v) is 7.26. The molecule has 134 valence electrons. The van der Waals surface area contributed by atoms with Gasteiger partial charge in [0.15, 0.2) is 12.4 Å². The number of para-hydroxylation sites is 1. The highest BCUT2D eigenvalue weighted by Gasteiger charge is 2.06. The number of aromatic nitrogens is 1. The number of rotatable bonds is 10. The van der Waals surface area contributed by atoms with Crippen molar-refractivity contribution in [2.45, 2.75) is 44.1 Å². The van der Waals surface area contributed by atoms with E-state index in [4.69, 9.17) is 5.73 Å². The van der Waals surface area contributed by atoms with Crippen molar-refractivity contribution in [2.24, 2.45) is 10.8 Å². The topological polar surface area (TPSA) is 45.5 Å². The van der Waals surface area contributed by atoms with Crippen molar-refractivity contribution in [3.63, 3.8) is 0 Å². The average molecular weight is 404 g/mol. The van der Waals surface area contributed by atoms with E-state index in [1.165, 1.54) is 19.3 Å². The van der Waals surface area contributed by atoms with E-state index in [1.807, 2.05) is 29.4 Å². The first-order chi connectivity index (χ1) is 12.2. The minimum absolute atomic E-state index is 0.0206. The number of alkyl halides is 1. The molecule has 1 aromatic heterocycles. The molecule has 0 fully saturated rings. The maximum atomic E-state index is 5.83. The Kier molecular flexibility index (Phi) is 8.63. The highest BCUT2D eigenvalue weighted by atomic mass is 79.9. The summed E-state index contributed by atoms with van der Waals surface area (Å²) in [5.41, 5.74) is 7.99. The maximum absolute atomic E-state index is 5.83. The van der Waals surface area contributed by atoms with Gasteiger partial charge in [0.25, 0.3) is 0 Å². The van der Waals surface area contributed by atoms with Crippen LogP contribution in [0.5, 0.6) is 0 Å². The smallest absolute Gasteiger partial charge is 0.169 e. The molecule has 0 spiro atoms. The number of aryl methyl sites for hydroxylation is 1. The van der Waals surface area contributed by atoms with Gasteiger partial charge in [-0.3, -0.25) is 5.01 Å². The summed E-state index contributed by atoms with van der Waals surface area (Å²) in [5.74, 6) is 0.